The number of carbonyl (C=O) groups is 1. The number of rotatable bonds is 7. The first-order valence-electron chi connectivity index (χ1n) is 12.4. The van der Waals surface area contributed by atoms with Crippen molar-refractivity contribution in [2.24, 2.45) is 0 Å². The number of nitro groups is 1. The van der Waals surface area contributed by atoms with Gasteiger partial charge in [-0.2, -0.15) is 0 Å². The second-order valence-corrected chi connectivity index (χ2v) is 9.15. The Kier molecular flexibility index (Phi) is 6.87. The molecule has 3 aromatic carbocycles. The molecule has 37 heavy (non-hydrogen) atoms. The highest BCUT2D eigenvalue weighted by Gasteiger charge is 2.23. The van der Waals surface area contributed by atoms with Crippen LogP contribution < -0.4 is 10.2 Å². The highest BCUT2D eigenvalue weighted by molar-refractivity contribution is 6.05. The van der Waals surface area contributed by atoms with E-state index in [1.165, 1.54) is 11.6 Å². The second kappa shape index (κ2) is 10.4. The number of aromatic nitrogens is 1. The third-order valence-corrected chi connectivity index (χ3v) is 6.77. The van der Waals surface area contributed by atoms with Gasteiger partial charge >= 0.3 is 0 Å². The molecular formula is C28H28N4O5. The summed E-state index contributed by atoms with van der Waals surface area (Å²) >= 11 is 0. The van der Waals surface area contributed by atoms with Gasteiger partial charge in [-0.15, -0.1) is 0 Å². The number of nitrogens with zero attached hydrogens (tertiary/aromatic N) is 3. The fourth-order valence-corrected chi connectivity index (χ4v) is 4.39. The van der Waals surface area contributed by atoms with E-state index in [2.05, 4.69) is 36.3 Å². The highest BCUT2D eigenvalue weighted by atomic mass is 16.6. The predicted octanol–water partition coefficient (Wildman–Crippen LogP) is 6.01. The van der Waals surface area contributed by atoms with Crippen LogP contribution in [0.5, 0.6) is 0 Å². The molecule has 0 saturated carbocycles. The zero-order valence-corrected chi connectivity index (χ0v) is 20.8. The van der Waals surface area contributed by atoms with Crippen LogP contribution in [0.25, 0.3) is 22.6 Å². The van der Waals surface area contributed by atoms with Crippen molar-refractivity contribution in [3.05, 3.63) is 81.9 Å². The number of amides is 1. The molecule has 4 aromatic rings. The lowest BCUT2D eigenvalue weighted by Crippen LogP contribution is -2.36. The topological polar surface area (TPSA) is 111 Å². The first-order valence-corrected chi connectivity index (χ1v) is 12.4. The van der Waals surface area contributed by atoms with E-state index in [-0.39, 0.29) is 11.3 Å². The quantitative estimate of drug-likeness (QED) is 0.244. The molecule has 1 fully saturated rings. The third kappa shape index (κ3) is 5.17. The Morgan fingerprint density at radius 2 is 1.86 bits per heavy atom. The minimum atomic E-state index is -0.456. The molecule has 1 atom stereocenters. The van der Waals surface area contributed by atoms with E-state index in [1.807, 2.05) is 23.1 Å². The van der Waals surface area contributed by atoms with Crippen LogP contribution >= 0.6 is 0 Å². The van der Waals surface area contributed by atoms with Gasteiger partial charge in [0, 0.05) is 36.0 Å². The fraction of sp³-hybridized carbons (Fsp3) is 0.286. The average Bonchev–Trinajstić information content (AvgIpc) is 3.36. The average molecular weight is 501 g/mol. The summed E-state index contributed by atoms with van der Waals surface area (Å²) < 4.78 is 11.3. The van der Waals surface area contributed by atoms with E-state index in [0.29, 0.717) is 49.5 Å². The van der Waals surface area contributed by atoms with Crippen LogP contribution in [0.1, 0.15) is 42.1 Å². The second-order valence-electron chi connectivity index (χ2n) is 9.15. The summed E-state index contributed by atoms with van der Waals surface area (Å²) in [5.41, 5.74) is 4.71. The maximum Gasteiger partial charge on any atom is 0.293 e. The minimum Gasteiger partial charge on any atom is -0.436 e. The highest BCUT2D eigenvalue weighted by Crippen LogP contribution is 2.31. The molecule has 0 radical (unpaired) electrons. The van der Waals surface area contributed by atoms with Gasteiger partial charge in [-0.3, -0.25) is 14.9 Å². The van der Waals surface area contributed by atoms with Crippen molar-refractivity contribution in [2.45, 2.75) is 26.2 Å². The molecule has 0 bridgehead atoms. The summed E-state index contributed by atoms with van der Waals surface area (Å²) in [4.78, 5) is 30.7. The van der Waals surface area contributed by atoms with Crippen LogP contribution in [0.15, 0.2) is 65.1 Å². The largest absolute Gasteiger partial charge is 0.436 e. The minimum absolute atomic E-state index is 0.0997. The van der Waals surface area contributed by atoms with Gasteiger partial charge in [-0.1, -0.05) is 19.9 Å². The zero-order valence-electron chi connectivity index (χ0n) is 20.8. The van der Waals surface area contributed by atoms with Gasteiger partial charge < -0.3 is 19.4 Å². The summed E-state index contributed by atoms with van der Waals surface area (Å²) in [5.74, 6) is 0.525. The van der Waals surface area contributed by atoms with Gasteiger partial charge in [0.1, 0.15) is 11.2 Å². The van der Waals surface area contributed by atoms with Crippen LogP contribution in [0.4, 0.5) is 17.1 Å². The summed E-state index contributed by atoms with van der Waals surface area (Å²) in [5, 5.41) is 14.5. The van der Waals surface area contributed by atoms with Crippen molar-refractivity contribution in [1.82, 2.24) is 4.98 Å². The smallest absolute Gasteiger partial charge is 0.293 e. The van der Waals surface area contributed by atoms with Crippen LogP contribution in [-0.2, 0) is 4.74 Å². The lowest BCUT2D eigenvalue weighted by atomic mass is 9.98. The molecule has 9 nitrogen and oxygen atoms in total. The Bertz CT molecular complexity index is 1440. The van der Waals surface area contributed by atoms with Crippen LogP contribution in [-0.4, -0.2) is 42.1 Å². The van der Waals surface area contributed by atoms with E-state index in [1.54, 1.807) is 24.3 Å². The van der Waals surface area contributed by atoms with Crippen molar-refractivity contribution in [3.8, 4) is 11.5 Å². The van der Waals surface area contributed by atoms with Crippen molar-refractivity contribution < 1.29 is 18.9 Å². The monoisotopic (exact) mass is 500 g/mol. The number of benzene rings is 3. The molecular weight excluding hydrogens is 472 g/mol. The zero-order chi connectivity index (χ0) is 25.9. The number of nitro benzene ring substituents is 1. The standard InChI is InChI=1S/C28H28N4O5/c1-3-18(2)20-7-11-26-23(16-20)30-28(37-26)19-4-8-22(9-5-19)29-27(33)21-6-10-24(25(17-21)32(34)35)31-12-14-36-15-13-31/h4-11,16-18H,3,12-15H2,1-2H3,(H,29,33). The van der Waals surface area contributed by atoms with E-state index < -0.39 is 10.8 Å². The molecule has 190 valence electrons. The molecule has 5 rings (SSSR count). The third-order valence-electron chi connectivity index (χ3n) is 6.77. The number of hydrogen-bond donors (Lipinski definition) is 1. The first kappa shape index (κ1) is 24.5. The number of nitrogens with one attached hydrogen (secondary N) is 1. The molecule has 0 aliphatic carbocycles. The molecule has 0 spiro atoms. The lowest BCUT2D eigenvalue weighted by molar-refractivity contribution is -0.384. The Morgan fingerprint density at radius 1 is 1.11 bits per heavy atom. The Hall–Kier alpha value is -4.24. The number of ether oxygens (including phenoxy) is 1. The van der Waals surface area contributed by atoms with Gasteiger partial charge in [0.25, 0.3) is 11.6 Å². The molecule has 1 N–H and O–H groups in total. The van der Waals surface area contributed by atoms with Gasteiger partial charge in [0.15, 0.2) is 5.58 Å². The van der Waals surface area contributed by atoms with Crippen molar-refractivity contribution in [2.75, 3.05) is 36.5 Å². The Labute approximate surface area is 214 Å². The number of oxazole rings is 1. The van der Waals surface area contributed by atoms with Gasteiger partial charge in [0.2, 0.25) is 5.89 Å². The van der Waals surface area contributed by atoms with Crippen molar-refractivity contribution in [1.29, 1.82) is 0 Å². The Balaban J connectivity index is 1.32. The normalized spacial score (nSPS) is 14.5. The van der Waals surface area contributed by atoms with Crippen LogP contribution in [0.3, 0.4) is 0 Å². The van der Waals surface area contributed by atoms with Crippen LogP contribution in [0.2, 0.25) is 0 Å². The summed E-state index contributed by atoms with van der Waals surface area (Å²) in [7, 11) is 0. The maximum absolute atomic E-state index is 12.9. The van der Waals surface area contributed by atoms with Gasteiger partial charge in [-0.25, -0.2) is 4.98 Å². The summed E-state index contributed by atoms with van der Waals surface area (Å²) in [6, 6.07) is 17.8. The van der Waals surface area contributed by atoms with Crippen molar-refractivity contribution >= 4 is 34.1 Å². The van der Waals surface area contributed by atoms with Crippen LogP contribution in [0, 0.1) is 10.1 Å². The van der Waals surface area contributed by atoms with Gasteiger partial charge in [-0.05, 0) is 66.4 Å². The molecule has 1 unspecified atom stereocenters. The SMILES string of the molecule is CCC(C)c1ccc2oc(-c3ccc(NC(=O)c4ccc(N5CCOCC5)c([N+](=O)[O-])c4)cc3)nc2c1. The first-order chi connectivity index (χ1) is 17.9. The number of fused-ring (bicyclic) bond motifs is 1. The molecule has 1 amide bonds. The van der Waals surface area contributed by atoms with E-state index in [0.717, 1.165) is 23.1 Å². The van der Waals surface area contributed by atoms with Crippen molar-refractivity contribution in [3.63, 3.8) is 0 Å². The number of morpholine rings is 1. The number of hydrogen-bond acceptors (Lipinski definition) is 7. The predicted molar refractivity (Wildman–Crippen MR) is 142 cm³/mol. The molecule has 1 aromatic heterocycles. The number of anilines is 2. The van der Waals surface area contributed by atoms with E-state index in [9.17, 15) is 14.9 Å². The molecule has 1 aliphatic heterocycles. The molecule has 1 aliphatic rings. The Morgan fingerprint density at radius 3 is 2.57 bits per heavy atom. The summed E-state index contributed by atoms with van der Waals surface area (Å²) in [6.07, 6.45) is 1.05. The summed E-state index contributed by atoms with van der Waals surface area (Å²) in [6.45, 7) is 6.50. The molecule has 1 saturated heterocycles. The van der Waals surface area contributed by atoms with E-state index in [4.69, 9.17) is 9.15 Å². The maximum atomic E-state index is 12.9. The van der Waals surface area contributed by atoms with E-state index >= 15 is 0 Å². The molecule has 9 heteroatoms. The fourth-order valence-electron chi connectivity index (χ4n) is 4.39. The molecule has 2 heterocycles. The number of carbonyl (C=O) groups excluding carboxylic acids is 1. The van der Waals surface area contributed by atoms with Gasteiger partial charge in [0.05, 0.1) is 18.1 Å². The lowest BCUT2D eigenvalue weighted by Gasteiger charge is -2.28.